The number of aryl methyl sites for hydroxylation is 1. The van der Waals surface area contributed by atoms with Gasteiger partial charge in [-0.2, -0.15) is 0 Å². The first-order valence-electron chi connectivity index (χ1n) is 9.35. The van der Waals surface area contributed by atoms with Crippen molar-refractivity contribution in [3.63, 3.8) is 0 Å². The number of aromatic nitrogens is 2. The standard InChI is InChI=1S/C22H21N3O4/c1-3-28-19-10-6-7-15-11-16(13-29-20(15)19)21(26)24-17-8-4-5-9-18(17)25-14(2)12-23-22(25)27/h4-12H,3,13H2,1-2H3,(H,23,27)(H,24,26). The van der Waals surface area contributed by atoms with Crippen molar-refractivity contribution in [1.82, 2.24) is 9.55 Å². The Morgan fingerprint density at radius 1 is 1.24 bits per heavy atom. The molecule has 1 aliphatic heterocycles. The fraction of sp³-hybridized carbons (Fsp3) is 0.182. The van der Waals surface area contributed by atoms with Gasteiger partial charge in [0.25, 0.3) is 5.91 Å². The lowest BCUT2D eigenvalue weighted by atomic mass is 10.1. The van der Waals surface area contributed by atoms with Crippen molar-refractivity contribution in [2.45, 2.75) is 13.8 Å². The van der Waals surface area contributed by atoms with E-state index in [0.29, 0.717) is 35.1 Å². The average molecular weight is 391 g/mol. The third kappa shape index (κ3) is 3.54. The molecule has 0 saturated carbocycles. The maximum Gasteiger partial charge on any atom is 0.330 e. The number of ether oxygens (including phenoxy) is 2. The van der Waals surface area contributed by atoms with Crippen LogP contribution in [0.2, 0.25) is 0 Å². The van der Waals surface area contributed by atoms with E-state index in [-0.39, 0.29) is 18.2 Å². The highest BCUT2D eigenvalue weighted by molar-refractivity contribution is 6.08. The number of amides is 1. The van der Waals surface area contributed by atoms with Crippen LogP contribution >= 0.6 is 0 Å². The predicted octanol–water partition coefficient (Wildman–Crippen LogP) is 3.29. The van der Waals surface area contributed by atoms with Gasteiger partial charge >= 0.3 is 5.69 Å². The molecule has 7 heteroatoms. The lowest BCUT2D eigenvalue weighted by molar-refractivity contribution is -0.113. The van der Waals surface area contributed by atoms with Crippen LogP contribution < -0.4 is 20.5 Å². The van der Waals surface area contributed by atoms with E-state index in [1.165, 1.54) is 4.57 Å². The third-order valence-electron chi connectivity index (χ3n) is 4.66. The normalized spacial score (nSPS) is 12.6. The van der Waals surface area contributed by atoms with Crippen molar-refractivity contribution in [2.75, 3.05) is 18.5 Å². The fourth-order valence-corrected chi connectivity index (χ4v) is 3.31. The van der Waals surface area contributed by atoms with Crippen molar-refractivity contribution in [1.29, 1.82) is 0 Å². The molecule has 1 amide bonds. The second kappa shape index (κ2) is 7.71. The van der Waals surface area contributed by atoms with Gasteiger partial charge in [-0.25, -0.2) is 4.79 Å². The number of aromatic amines is 1. The molecule has 2 heterocycles. The molecule has 7 nitrogen and oxygen atoms in total. The van der Waals surface area contributed by atoms with Crippen LogP contribution in [-0.2, 0) is 4.79 Å². The van der Waals surface area contributed by atoms with Crippen LogP contribution in [0.25, 0.3) is 11.8 Å². The maximum atomic E-state index is 12.9. The molecule has 0 fully saturated rings. The van der Waals surface area contributed by atoms with E-state index < -0.39 is 0 Å². The molecule has 4 rings (SSSR count). The SMILES string of the molecule is CCOc1cccc2c1OCC(C(=O)Nc1ccccc1-n1c(C)c[nH]c1=O)=C2. The zero-order valence-corrected chi connectivity index (χ0v) is 16.2. The summed E-state index contributed by atoms with van der Waals surface area (Å²) < 4.78 is 12.9. The largest absolute Gasteiger partial charge is 0.490 e. The highest BCUT2D eigenvalue weighted by Crippen LogP contribution is 2.36. The van der Waals surface area contributed by atoms with Crippen LogP contribution in [0.3, 0.4) is 0 Å². The Bertz CT molecular complexity index is 1160. The van der Waals surface area contributed by atoms with Crippen molar-refractivity contribution >= 4 is 17.7 Å². The minimum absolute atomic E-state index is 0.133. The Hall–Kier alpha value is -3.74. The molecule has 3 aromatic rings. The van der Waals surface area contributed by atoms with E-state index in [9.17, 15) is 9.59 Å². The summed E-state index contributed by atoms with van der Waals surface area (Å²) in [6.45, 7) is 4.40. The number of hydrogen-bond acceptors (Lipinski definition) is 4. The number of carbonyl (C=O) groups excluding carboxylic acids is 1. The topological polar surface area (TPSA) is 85.3 Å². The molecule has 0 radical (unpaired) electrons. The van der Waals surface area contributed by atoms with Crippen LogP contribution in [0.15, 0.2) is 59.0 Å². The Morgan fingerprint density at radius 2 is 2.07 bits per heavy atom. The number of nitrogens with one attached hydrogen (secondary N) is 2. The summed E-state index contributed by atoms with van der Waals surface area (Å²) in [5, 5.41) is 2.90. The summed E-state index contributed by atoms with van der Waals surface area (Å²) in [6, 6.07) is 12.8. The molecule has 0 spiro atoms. The molecule has 0 saturated heterocycles. The highest BCUT2D eigenvalue weighted by Gasteiger charge is 2.21. The molecule has 2 N–H and O–H groups in total. The molecule has 1 aromatic heterocycles. The van der Waals surface area contributed by atoms with Gasteiger partial charge in [-0.15, -0.1) is 0 Å². The van der Waals surface area contributed by atoms with Gasteiger partial charge in [-0.1, -0.05) is 24.3 Å². The van der Waals surface area contributed by atoms with Gasteiger partial charge in [0.1, 0.15) is 6.61 Å². The summed E-state index contributed by atoms with van der Waals surface area (Å²) >= 11 is 0. The first kappa shape index (κ1) is 18.6. The molecular formula is C22H21N3O4. The number of nitrogens with zero attached hydrogens (tertiary/aromatic N) is 1. The smallest absolute Gasteiger partial charge is 0.330 e. The number of anilines is 1. The van der Waals surface area contributed by atoms with Crippen LogP contribution in [0.1, 0.15) is 18.2 Å². The molecule has 0 atom stereocenters. The number of para-hydroxylation sites is 3. The number of fused-ring (bicyclic) bond motifs is 1. The maximum absolute atomic E-state index is 12.9. The highest BCUT2D eigenvalue weighted by atomic mass is 16.5. The monoisotopic (exact) mass is 391 g/mol. The van der Waals surface area contributed by atoms with E-state index >= 15 is 0 Å². The van der Waals surface area contributed by atoms with Gasteiger partial charge in [-0.3, -0.25) is 9.36 Å². The molecule has 0 unspecified atom stereocenters. The van der Waals surface area contributed by atoms with Gasteiger partial charge in [0, 0.05) is 17.5 Å². The molecule has 2 aromatic carbocycles. The van der Waals surface area contributed by atoms with Crippen molar-refractivity contribution in [2.24, 2.45) is 0 Å². The second-order valence-electron chi connectivity index (χ2n) is 6.61. The van der Waals surface area contributed by atoms with Crippen molar-refractivity contribution in [3.05, 3.63) is 76.0 Å². The zero-order valence-electron chi connectivity index (χ0n) is 16.2. The Labute approximate surface area is 167 Å². The first-order chi connectivity index (χ1) is 14.1. The molecular weight excluding hydrogens is 370 g/mol. The quantitative estimate of drug-likeness (QED) is 0.699. The van der Waals surface area contributed by atoms with Gasteiger partial charge < -0.3 is 19.8 Å². The number of carbonyl (C=O) groups is 1. The lowest BCUT2D eigenvalue weighted by Gasteiger charge is -2.20. The number of rotatable bonds is 5. The van der Waals surface area contributed by atoms with Crippen LogP contribution in [0, 0.1) is 6.92 Å². The van der Waals surface area contributed by atoms with Crippen LogP contribution in [-0.4, -0.2) is 28.7 Å². The molecule has 0 bridgehead atoms. The van der Waals surface area contributed by atoms with E-state index in [4.69, 9.17) is 9.47 Å². The number of hydrogen-bond donors (Lipinski definition) is 2. The van der Waals surface area contributed by atoms with E-state index in [1.54, 1.807) is 24.4 Å². The minimum atomic E-state index is -0.286. The Morgan fingerprint density at radius 3 is 2.83 bits per heavy atom. The second-order valence-corrected chi connectivity index (χ2v) is 6.61. The van der Waals surface area contributed by atoms with E-state index in [1.807, 2.05) is 44.2 Å². The number of benzene rings is 2. The zero-order chi connectivity index (χ0) is 20.4. The van der Waals surface area contributed by atoms with E-state index in [0.717, 1.165) is 11.3 Å². The number of imidazole rings is 1. The predicted molar refractivity (Wildman–Crippen MR) is 111 cm³/mol. The summed E-state index contributed by atoms with van der Waals surface area (Å²) in [5.41, 5.74) is 2.89. The Balaban J connectivity index is 1.63. The average Bonchev–Trinajstić information content (AvgIpc) is 3.06. The lowest BCUT2D eigenvalue weighted by Crippen LogP contribution is -2.23. The van der Waals surface area contributed by atoms with Gasteiger partial charge in [0.15, 0.2) is 11.5 Å². The summed E-state index contributed by atoms with van der Waals surface area (Å²) in [5.74, 6) is 1.01. The minimum Gasteiger partial charge on any atom is -0.490 e. The third-order valence-corrected chi connectivity index (χ3v) is 4.66. The Kier molecular flexibility index (Phi) is 4.95. The van der Waals surface area contributed by atoms with Crippen molar-refractivity contribution < 1.29 is 14.3 Å². The van der Waals surface area contributed by atoms with Crippen LogP contribution in [0.5, 0.6) is 11.5 Å². The van der Waals surface area contributed by atoms with Gasteiger partial charge in [-0.05, 0) is 38.1 Å². The van der Waals surface area contributed by atoms with Crippen LogP contribution in [0.4, 0.5) is 5.69 Å². The molecule has 0 aliphatic carbocycles. The summed E-state index contributed by atoms with van der Waals surface area (Å²) in [7, 11) is 0. The molecule has 29 heavy (non-hydrogen) atoms. The van der Waals surface area contributed by atoms with Crippen molar-refractivity contribution in [3.8, 4) is 17.2 Å². The first-order valence-corrected chi connectivity index (χ1v) is 9.35. The molecule has 1 aliphatic rings. The van der Waals surface area contributed by atoms with Gasteiger partial charge in [0.2, 0.25) is 0 Å². The summed E-state index contributed by atoms with van der Waals surface area (Å²) in [4.78, 5) is 27.7. The fourth-order valence-electron chi connectivity index (χ4n) is 3.31. The van der Waals surface area contributed by atoms with Gasteiger partial charge in [0.05, 0.1) is 23.6 Å². The summed E-state index contributed by atoms with van der Waals surface area (Å²) in [6.07, 6.45) is 3.43. The van der Waals surface area contributed by atoms with E-state index in [2.05, 4.69) is 10.3 Å². The molecule has 148 valence electrons. The number of H-pyrrole nitrogens is 1.